The fourth-order valence-corrected chi connectivity index (χ4v) is 1.69. The quantitative estimate of drug-likeness (QED) is 0.850. The van der Waals surface area contributed by atoms with Crippen LogP contribution in [0.1, 0.15) is 22.9 Å². The Balaban J connectivity index is 2.40. The molecular weight excluding hydrogens is 260 g/mol. The van der Waals surface area contributed by atoms with E-state index in [1.807, 2.05) is 0 Å². The van der Waals surface area contributed by atoms with E-state index in [-0.39, 0.29) is 11.3 Å². The second-order valence-corrected chi connectivity index (χ2v) is 3.97. The van der Waals surface area contributed by atoms with E-state index in [9.17, 15) is 17.6 Å². The summed E-state index contributed by atoms with van der Waals surface area (Å²) < 4.78 is 51.2. The number of halogens is 4. The highest BCUT2D eigenvalue weighted by molar-refractivity contribution is 5.32. The fraction of sp³-hybridized carbons (Fsp3) is 0.154. The van der Waals surface area contributed by atoms with Gasteiger partial charge in [0.05, 0.1) is 17.3 Å². The second-order valence-electron chi connectivity index (χ2n) is 3.97. The number of benzene rings is 1. The van der Waals surface area contributed by atoms with Crippen molar-refractivity contribution >= 4 is 0 Å². The van der Waals surface area contributed by atoms with E-state index in [0.29, 0.717) is 0 Å². The van der Waals surface area contributed by atoms with Gasteiger partial charge in [0.2, 0.25) is 0 Å². The highest BCUT2D eigenvalue weighted by Crippen LogP contribution is 2.31. The molecule has 1 atom stereocenters. The summed E-state index contributed by atoms with van der Waals surface area (Å²) in [6, 6.07) is 5.99. The Bertz CT molecular complexity index is 581. The lowest BCUT2D eigenvalue weighted by molar-refractivity contribution is -0.137. The van der Waals surface area contributed by atoms with Gasteiger partial charge in [0.1, 0.15) is 5.82 Å². The van der Waals surface area contributed by atoms with E-state index in [0.717, 1.165) is 18.2 Å². The molecule has 1 unspecified atom stereocenters. The Morgan fingerprint density at radius 2 is 1.84 bits per heavy atom. The number of aromatic nitrogens is 1. The first kappa shape index (κ1) is 13.5. The highest BCUT2D eigenvalue weighted by Gasteiger charge is 2.31. The van der Waals surface area contributed by atoms with E-state index in [4.69, 9.17) is 5.73 Å². The standard InChI is InChI=1S/C13H10F4N2/c14-10-5-2-6-19-12(10)11(18)8-3-1-4-9(7-8)13(15,16)17/h1-7,11H,18H2. The molecule has 2 N–H and O–H groups in total. The first-order chi connectivity index (χ1) is 8.89. The Kier molecular flexibility index (Phi) is 3.53. The molecule has 1 heterocycles. The van der Waals surface area contributed by atoms with Crippen LogP contribution in [0.2, 0.25) is 0 Å². The number of nitrogens with two attached hydrogens (primary N) is 1. The van der Waals surface area contributed by atoms with Crippen LogP contribution in [0, 0.1) is 5.82 Å². The van der Waals surface area contributed by atoms with Crippen molar-refractivity contribution in [3.8, 4) is 0 Å². The maximum absolute atomic E-state index is 13.5. The molecule has 100 valence electrons. The maximum Gasteiger partial charge on any atom is 0.416 e. The maximum atomic E-state index is 13.5. The molecule has 19 heavy (non-hydrogen) atoms. The number of hydrogen-bond acceptors (Lipinski definition) is 2. The monoisotopic (exact) mass is 270 g/mol. The minimum Gasteiger partial charge on any atom is -0.319 e. The molecule has 1 aromatic heterocycles. The van der Waals surface area contributed by atoms with Gasteiger partial charge >= 0.3 is 6.18 Å². The van der Waals surface area contributed by atoms with Crippen molar-refractivity contribution in [2.24, 2.45) is 5.73 Å². The summed E-state index contributed by atoms with van der Waals surface area (Å²) in [7, 11) is 0. The predicted octanol–water partition coefficient (Wildman–Crippen LogP) is 3.29. The average Bonchev–Trinajstić information content (AvgIpc) is 2.38. The number of nitrogens with zero attached hydrogens (tertiary/aromatic N) is 1. The lowest BCUT2D eigenvalue weighted by Crippen LogP contribution is -2.16. The molecule has 0 bridgehead atoms. The Labute approximate surface area is 106 Å². The molecule has 0 aliphatic rings. The van der Waals surface area contributed by atoms with Gasteiger partial charge in [-0.05, 0) is 29.8 Å². The van der Waals surface area contributed by atoms with Crippen molar-refractivity contribution in [3.05, 3.63) is 65.2 Å². The fourth-order valence-electron chi connectivity index (χ4n) is 1.69. The van der Waals surface area contributed by atoms with Crippen LogP contribution >= 0.6 is 0 Å². The molecule has 2 rings (SSSR count). The third-order valence-electron chi connectivity index (χ3n) is 2.65. The molecule has 0 amide bonds. The van der Waals surface area contributed by atoms with Crippen molar-refractivity contribution in [1.82, 2.24) is 4.98 Å². The lowest BCUT2D eigenvalue weighted by Gasteiger charge is -2.14. The van der Waals surface area contributed by atoms with Crippen LogP contribution in [-0.2, 0) is 6.18 Å². The van der Waals surface area contributed by atoms with Crippen molar-refractivity contribution in [1.29, 1.82) is 0 Å². The number of pyridine rings is 1. The zero-order valence-electron chi connectivity index (χ0n) is 9.66. The molecule has 0 saturated heterocycles. The second kappa shape index (κ2) is 4.97. The van der Waals surface area contributed by atoms with E-state index in [1.54, 1.807) is 0 Å². The minimum absolute atomic E-state index is 0.0816. The molecule has 0 aliphatic heterocycles. The van der Waals surface area contributed by atoms with Crippen molar-refractivity contribution < 1.29 is 17.6 Å². The zero-order chi connectivity index (χ0) is 14.0. The first-order valence-corrected chi connectivity index (χ1v) is 5.43. The first-order valence-electron chi connectivity index (χ1n) is 5.43. The molecule has 0 spiro atoms. The summed E-state index contributed by atoms with van der Waals surface area (Å²) in [6.07, 6.45) is -3.12. The van der Waals surface area contributed by atoms with Crippen molar-refractivity contribution in [3.63, 3.8) is 0 Å². The third kappa shape index (κ3) is 2.90. The van der Waals surface area contributed by atoms with Crippen LogP contribution in [0.4, 0.5) is 17.6 Å². The Morgan fingerprint density at radius 1 is 1.11 bits per heavy atom. The number of alkyl halides is 3. The van der Waals surface area contributed by atoms with Gasteiger partial charge in [-0.3, -0.25) is 4.98 Å². The molecular formula is C13H10F4N2. The summed E-state index contributed by atoms with van der Waals surface area (Å²) in [5.74, 6) is -0.646. The van der Waals surface area contributed by atoms with Gasteiger partial charge in [0, 0.05) is 6.20 Å². The van der Waals surface area contributed by atoms with Gasteiger partial charge in [0.25, 0.3) is 0 Å². The molecule has 0 aliphatic carbocycles. The molecule has 2 aromatic rings. The smallest absolute Gasteiger partial charge is 0.319 e. The van der Waals surface area contributed by atoms with Gasteiger partial charge < -0.3 is 5.73 Å². The van der Waals surface area contributed by atoms with Crippen LogP contribution in [0.3, 0.4) is 0 Å². The number of hydrogen-bond donors (Lipinski definition) is 1. The predicted molar refractivity (Wildman–Crippen MR) is 61.7 cm³/mol. The average molecular weight is 270 g/mol. The van der Waals surface area contributed by atoms with Gasteiger partial charge in [-0.15, -0.1) is 0 Å². The largest absolute Gasteiger partial charge is 0.416 e. The summed E-state index contributed by atoms with van der Waals surface area (Å²) in [4.78, 5) is 3.77. The molecule has 0 fully saturated rings. The molecule has 2 nitrogen and oxygen atoms in total. The van der Waals surface area contributed by atoms with Gasteiger partial charge in [0.15, 0.2) is 0 Å². The van der Waals surface area contributed by atoms with Crippen molar-refractivity contribution in [2.45, 2.75) is 12.2 Å². The summed E-state index contributed by atoms with van der Waals surface area (Å²) in [5.41, 5.74) is 5.02. The van der Waals surface area contributed by atoms with E-state index in [2.05, 4.69) is 4.98 Å². The van der Waals surface area contributed by atoms with Gasteiger partial charge in [-0.25, -0.2) is 4.39 Å². The zero-order valence-corrected chi connectivity index (χ0v) is 9.66. The minimum atomic E-state index is -4.46. The summed E-state index contributed by atoms with van der Waals surface area (Å²) in [5, 5.41) is 0. The summed E-state index contributed by atoms with van der Waals surface area (Å²) >= 11 is 0. The van der Waals surface area contributed by atoms with Gasteiger partial charge in [-0.1, -0.05) is 12.1 Å². The van der Waals surface area contributed by atoms with E-state index >= 15 is 0 Å². The highest BCUT2D eigenvalue weighted by atomic mass is 19.4. The van der Waals surface area contributed by atoms with Crippen LogP contribution in [0.25, 0.3) is 0 Å². The lowest BCUT2D eigenvalue weighted by atomic mass is 10.0. The van der Waals surface area contributed by atoms with Crippen molar-refractivity contribution in [2.75, 3.05) is 0 Å². The third-order valence-corrected chi connectivity index (χ3v) is 2.65. The summed E-state index contributed by atoms with van der Waals surface area (Å²) in [6.45, 7) is 0. The van der Waals surface area contributed by atoms with Crippen LogP contribution < -0.4 is 5.73 Å². The number of rotatable bonds is 2. The van der Waals surface area contributed by atoms with Crippen LogP contribution in [0.5, 0.6) is 0 Å². The topological polar surface area (TPSA) is 38.9 Å². The van der Waals surface area contributed by atoms with E-state index < -0.39 is 23.6 Å². The molecule has 6 heteroatoms. The molecule has 0 radical (unpaired) electrons. The Hall–Kier alpha value is -1.95. The normalized spacial score (nSPS) is 13.3. The van der Waals surface area contributed by atoms with Crippen LogP contribution in [-0.4, -0.2) is 4.98 Å². The molecule has 1 aromatic carbocycles. The van der Waals surface area contributed by atoms with E-state index in [1.165, 1.54) is 24.4 Å². The van der Waals surface area contributed by atoms with Crippen LogP contribution in [0.15, 0.2) is 42.6 Å². The van der Waals surface area contributed by atoms with Gasteiger partial charge in [-0.2, -0.15) is 13.2 Å². The Morgan fingerprint density at radius 3 is 2.47 bits per heavy atom. The molecule has 0 saturated carbocycles. The SMILES string of the molecule is NC(c1cccc(C(F)(F)F)c1)c1ncccc1F.